The maximum absolute atomic E-state index is 11.2. The first kappa shape index (κ1) is 12.8. The lowest BCUT2D eigenvalue weighted by Crippen LogP contribution is -2.29. The van der Waals surface area contributed by atoms with Crippen molar-refractivity contribution in [1.82, 2.24) is 5.32 Å². The molecule has 0 aliphatic rings. The fraction of sp³-hybridized carbons (Fsp3) is 0.364. The minimum atomic E-state index is -0.0561. The van der Waals surface area contributed by atoms with Gasteiger partial charge in [-0.25, -0.2) is 0 Å². The summed E-state index contributed by atoms with van der Waals surface area (Å²) in [5.41, 5.74) is 5.25. The fourth-order valence-corrected chi connectivity index (χ4v) is 1.22. The van der Waals surface area contributed by atoms with Crippen LogP contribution in [0.5, 0.6) is 5.75 Å². The molecule has 1 rings (SSSR count). The number of amides is 1. The Morgan fingerprint density at radius 3 is 2.69 bits per heavy atom. The highest BCUT2D eigenvalue weighted by atomic mass is 35.5. The van der Waals surface area contributed by atoms with Crippen molar-refractivity contribution in [3.05, 3.63) is 29.3 Å². The number of halogens is 1. The first-order valence-electron chi connectivity index (χ1n) is 5.07. The lowest BCUT2D eigenvalue weighted by Gasteiger charge is -2.06. The predicted octanol–water partition coefficient (Wildman–Crippen LogP) is 1.18. The van der Waals surface area contributed by atoms with Crippen LogP contribution in [-0.2, 0) is 4.79 Å². The summed E-state index contributed by atoms with van der Waals surface area (Å²) in [5, 5.41) is 3.32. The Morgan fingerprint density at radius 1 is 1.38 bits per heavy atom. The number of carbonyl (C=O) groups is 1. The van der Waals surface area contributed by atoms with Crippen LogP contribution in [0.15, 0.2) is 24.3 Å². The molecule has 0 aromatic heterocycles. The van der Waals surface area contributed by atoms with Gasteiger partial charge in [-0.05, 0) is 24.3 Å². The third-order valence-corrected chi connectivity index (χ3v) is 2.13. The second kappa shape index (κ2) is 7.09. The van der Waals surface area contributed by atoms with E-state index in [1.54, 1.807) is 24.3 Å². The number of ether oxygens (including phenoxy) is 1. The van der Waals surface area contributed by atoms with Crippen LogP contribution >= 0.6 is 11.6 Å². The van der Waals surface area contributed by atoms with Crippen molar-refractivity contribution in [1.29, 1.82) is 0 Å². The quantitative estimate of drug-likeness (QED) is 0.788. The Labute approximate surface area is 99.7 Å². The van der Waals surface area contributed by atoms with Crippen LogP contribution in [0.3, 0.4) is 0 Å². The number of rotatable bonds is 6. The summed E-state index contributed by atoms with van der Waals surface area (Å²) in [6.07, 6.45) is 0.322. The zero-order chi connectivity index (χ0) is 11.8. The highest BCUT2D eigenvalue weighted by molar-refractivity contribution is 6.30. The monoisotopic (exact) mass is 242 g/mol. The topological polar surface area (TPSA) is 64.3 Å². The maximum atomic E-state index is 11.2. The van der Waals surface area contributed by atoms with Crippen LogP contribution in [0, 0.1) is 0 Å². The van der Waals surface area contributed by atoms with Gasteiger partial charge in [0, 0.05) is 18.1 Å². The van der Waals surface area contributed by atoms with Crippen molar-refractivity contribution in [2.24, 2.45) is 5.73 Å². The minimum absolute atomic E-state index is 0.0561. The van der Waals surface area contributed by atoms with Gasteiger partial charge in [0.25, 0.3) is 0 Å². The smallest absolute Gasteiger partial charge is 0.223 e. The van der Waals surface area contributed by atoms with Gasteiger partial charge in [-0.1, -0.05) is 11.6 Å². The molecule has 0 unspecified atom stereocenters. The normalized spacial score (nSPS) is 9.88. The molecule has 0 atom stereocenters. The average molecular weight is 243 g/mol. The van der Waals surface area contributed by atoms with E-state index in [9.17, 15) is 4.79 Å². The summed E-state index contributed by atoms with van der Waals surface area (Å²) >= 11 is 5.72. The molecule has 3 N–H and O–H groups in total. The van der Waals surface area contributed by atoms with E-state index in [2.05, 4.69) is 5.32 Å². The molecule has 1 aromatic carbocycles. The van der Waals surface area contributed by atoms with Gasteiger partial charge in [0.05, 0.1) is 13.0 Å². The van der Waals surface area contributed by atoms with Crippen LogP contribution in [0.1, 0.15) is 6.42 Å². The molecular weight excluding hydrogens is 228 g/mol. The van der Waals surface area contributed by atoms with Crippen LogP contribution in [0.25, 0.3) is 0 Å². The van der Waals surface area contributed by atoms with E-state index in [4.69, 9.17) is 22.1 Å². The summed E-state index contributed by atoms with van der Waals surface area (Å²) in [4.78, 5) is 11.2. The van der Waals surface area contributed by atoms with E-state index in [0.29, 0.717) is 36.9 Å². The van der Waals surface area contributed by atoms with E-state index in [0.717, 1.165) is 0 Å². The van der Waals surface area contributed by atoms with E-state index < -0.39 is 0 Å². The molecular formula is C11H15ClN2O2. The van der Waals surface area contributed by atoms with Crippen LogP contribution < -0.4 is 15.8 Å². The molecule has 5 heteroatoms. The minimum Gasteiger partial charge on any atom is -0.493 e. The van der Waals surface area contributed by atoms with E-state index in [1.807, 2.05) is 0 Å². The number of benzene rings is 1. The van der Waals surface area contributed by atoms with Crippen molar-refractivity contribution in [2.45, 2.75) is 6.42 Å². The molecule has 1 aromatic rings. The first-order valence-corrected chi connectivity index (χ1v) is 5.45. The molecule has 1 amide bonds. The molecule has 88 valence electrons. The Morgan fingerprint density at radius 2 is 2.06 bits per heavy atom. The van der Waals surface area contributed by atoms with Crippen molar-refractivity contribution in [2.75, 3.05) is 19.7 Å². The highest BCUT2D eigenvalue weighted by Gasteiger charge is 2.00. The van der Waals surface area contributed by atoms with Gasteiger partial charge >= 0.3 is 0 Å². The average Bonchev–Trinajstić information content (AvgIpc) is 2.29. The fourth-order valence-electron chi connectivity index (χ4n) is 1.09. The Balaban J connectivity index is 2.20. The molecule has 0 radical (unpaired) electrons. The van der Waals surface area contributed by atoms with Crippen molar-refractivity contribution >= 4 is 17.5 Å². The molecule has 0 fully saturated rings. The van der Waals surface area contributed by atoms with Crippen LogP contribution in [0.4, 0.5) is 0 Å². The van der Waals surface area contributed by atoms with Gasteiger partial charge in [0.1, 0.15) is 5.75 Å². The maximum Gasteiger partial charge on any atom is 0.223 e. The van der Waals surface area contributed by atoms with Gasteiger partial charge < -0.3 is 15.8 Å². The zero-order valence-electron chi connectivity index (χ0n) is 8.91. The lowest BCUT2D eigenvalue weighted by atomic mass is 10.3. The number of hydrogen-bond donors (Lipinski definition) is 2. The summed E-state index contributed by atoms with van der Waals surface area (Å²) < 4.78 is 5.36. The SMILES string of the molecule is NCCNC(=O)CCOc1ccc(Cl)cc1. The standard InChI is InChI=1S/C11H15ClN2O2/c12-9-1-3-10(4-2-9)16-8-5-11(15)14-7-6-13/h1-4H,5-8,13H2,(H,14,15). The van der Waals surface area contributed by atoms with Crippen molar-refractivity contribution in [3.8, 4) is 5.75 Å². The highest BCUT2D eigenvalue weighted by Crippen LogP contribution is 2.15. The van der Waals surface area contributed by atoms with Gasteiger partial charge in [0.15, 0.2) is 0 Å². The summed E-state index contributed by atoms with van der Waals surface area (Å²) in [7, 11) is 0. The van der Waals surface area contributed by atoms with Crippen molar-refractivity contribution < 1.29 is 9.53 Å². The third kappa shape index (κ3) is 5.00. The van der Waals surface area contributed by atoms with Crippen LogP contribution in [0.2, 0.25) is 5.02 Å². The molecule has 0 aliphatic heterocycles. The number of nitrogens with two attached hydrogens (primary N) is 1. The number of nitrogens with one attached hydrogen (secondary N) is 1. The van der Waals surface area contributed by atoms with Gasteiger partial charge in [-0.3, -0.25) is 4.79 Å². The molecule has 0 aliphatic carbocycles. The van der Waals surface area contributed by atoms with Gasteiger partial charge in [0.2, 0.25) is 5.91 Å². The van der Waals surface area contributed by atoms with Gasteiger partial charge in [-0.15, -0.1) is 0 Å². The van der Waals surface area contributed by atoms with E-state index in [1.165, 1.54) is 0 Å². The summed E-state index contributed by atoms with van der Waals surface area (Å²) in [6.45, 7) is 1.29. The molecule has 0 heterocycles. The zero-order valence-corrected chi connectivity index (χ0v) is 9.67. The molecule has 0 spiro atoms. The first-order chi connectivity index (χ1) is 7.72. The Hall–Kier alpha value is -1.26. The summed E-state index contributed by atoms with van der Waals surface area (Å²) in [5.74, 6) is 0.649. The van der Waals surface area contributed by atoms with E-state index in [-0.39, 0.29) is 5.91 Å². The Bertz CT molecular complexity index is 327. The molecule has 4 nitrogen and oxygen atoms in total. The second-order valence-electron chi connectivity index (χ2n) is 3.19. The predicted molar refractivity (Wildman–Crippen MR) is 63.6 cm³/mol. The van der Waals surface area contributed by atoms with Crippen molar-refractivity contribution in [3.63, 3.8) is 0 Å². The van der Waals surface area contributed by atoms with Crippen LogP contribution in [-0.4, -0.2) is 25.6 Å². The largest absolute Gasteiger partial charge is 0.493 e. The second-order valence-corrected chi connectivity index (χ2v) is 3.63. The third-order valence-electron chi connectivity index (χ3n) is 1.88. The van der Waals surface area contributed by atoms with Gasteiger partial charge in [-0.2, -0.15) is 0 Å². The Kier molecular flexibility index (Phi) is 5.67. The molecule has 16 heavy (non-hydrogen) atoms. The number of hydrogen-bond acceptors (Lipinski definition) is 3. The molecule has 0 saturated carbocycles. The molecule has 0 saturated heterocycles. The number of carbonyl (C=O) groups excluding carboxylic acids is 1. The summed E-state index contributed by atoms with van der Waals surface area (Å²) in [6, 6.07) is 7.01. The van der Waals surface area contributed by atoms with E-state index >= 15 is 0 Å². The lowest BCUT2D eigenvalue weighted by molar-refractivity contribution is -0.121. The molecule has 0 bridgehead atoms.